The first-order valence-corrected chi connectivity index (χ1v) is 7.27. The molecule has 0 aliphatic heterocycles. The fraction of sp³-hybridized carbons (Fsp3) is 0.278. The van der Waals surface area contributed by atoms with Crippen LogP contribution in [0.4, 0.5) is 5.69 Å². The minimum Gasteiger partial charge on any atom is -0.388 e. The van der Waals surface area contributed by atoms with Gasteiger partial charge in [0.25, 0.3) is 5.91 Å². The lowest BCUT2D eigenvalue weighted by Crippen LogP contribution is -2.30. The second kappa shape index (κ2) is 6.93. The summed E-state index contributed by atoms with van der Waals surface area (Å²) in [4.78, 5) is 14.6. The Morgan fingerprint density at radius 2 is 1.86 bits per heavy atom. The normalized spacial score (nSPS) is 10.2. The van der Waals surface area contributed by atoms with Crippen molar-refractivity contribution in [2.75, 3.05) is 18.9 Å². The molecule has 1 amide bonds. The standard InChI is InChI=1S/C18H22N2O/c1-4-20(13-15-8-6-5-7-9-15)18(21)17-11-10-16(19-3)12-14(17)2/h5-12,19H,4,13H2,1-3H3. The van der Waals surface area contributed by atoms with Crippen molar-refractivity contribution in [1.29, 1.82) is 0 Å². The van der Waals surface area contributed by atoms with Crippen LogP contribution in [0.25, 0.3) is 0 Å². The van der Waals surface area contributed by atoms with Gasteiger partial charge >= 0.3 is 0 Å². The number of carbonyl (C=O) groups excluding carboxylic acids is 1. The molecule has 0 heterocycles. The van der Waals surface area contributed by atoms with Gasteiger partial charge in [0.1, 0.15) is 0 Å². The van der Waals surface area contributed by atoms with Crippen molar-refractivity contribution in [2.45, 2.75) is 20.4 Å². The molecule has 0 saturated carbocycles. The monoisotopic (exact) mass is 282 g/mol. The molecule has 2 aromatic carbocycles. The van der Waals surface area contributed by atoms with Gasteiger partial charge in [-0.15, -0.1) is 0 Å². The van der Waals surface area contributed by atoms with Crippen LogP contribution in [0.1, 0.15) is 28.4 Å². The van der Waals surface area contributed by atoms with Crippen molar-refractivity contribution in [1.82, 2.24) is 4.90 Å². The topological polar surface area (TPSA) is 32.3 Å². The molecule has 0 radical (unpaired) electrons. The van der Waals surface area contributed by atoms with Crippen LogP contribution in [0.5, 0.6) is 0 Å². The van der Waals surface area contributed by atoms with E-state index in [0.29, 0.717) is 13.1 Å². The first-order chi connectivity index (χ1) is 10.2. The molecule has 110 valence electrons. The van der Waals surface area contributed by atoms with Crippen molar-refractivity contribution >= 4 is 11.6 Å². The van der Waals surface area contributed by atoms with Gasteiger partial charge in [-0.2, -0.15) is 0 Å². The third kappa shape index (κ3) is 3.63. The minimum absolute atomic E-state index is 0.0847. The largest absolute Gasteiger partial charge is 0.388 e. The van der Waals surface area contributed by atoms with E-state index >= 15 is 0 Å². The number of nitrogens with zero attached hydrogens (tertiary/aromatic N) is 1. The third-order valence-electron chi connectivity index (χ3n) is 3.63. The highest BCUT2D eigenvalue weighted by Gasteiger charge is 2.16. The molecule has 0 fully saturated rings. The maximum Gasteiger partial charge on any atom is 0.254 e. The van der Waals surface area contributed by atoms with E-state index in [1.165, 1.54) is 0 Å². The van der Waals surface area contributed by atoms with Gasteiger partial charge in [0.05, 0.1) is 0 Å². The predicted molar refractivity (Wildman–Crippen MR) is 87.6 cm³/mol. The predicted octanol–water partition coefficient (Wildman–Crippen LogP) is 3.70. The summed E-state index contributed by atoms with van der Waals surface area (Å²) in [5.74, 6) is 0.0847. The number of hydrogen-bond acceptors (Lipinski definition) is 2. The molecule has 21 heavy (non-hydrogen) atoms. The fourth-order valence-electron chi connectivity index (χ4n) is 2.36. The van der Waals surface area contributed by atoms with E-state index in [-0.39, 0.29) is 5.91 Å². The van der Waals surface area contributed by atoms with Crippen molar-refractivity contribution in [2.24, 2.45) is 0 Å². The maximum absolute atomic E-state index is 12.7. The van der Waals surface area contributed by atoms with E-state index in [2.05, 4.69) is 5.32 Å². The Kier molecular flexibility index (Phi) is 4.99. The lowest BCUT2D eigenvalue weighted by molar-refractivity contribution is 0.0752. The summed E-state index contributed by atoms with van der Waals surface area (Å²) in [5, 5.41) is 3.09. The number of amides is 1. The molecule has 2 rings (SSSR count). The number of aryl methyl sites for hydroxylation is 1. The molecule has 0 bridgehead atoms. The Labute approximate surface area is 126 Å². The number of nitrogens with one attached hydrogen (secondary N) is 1. The summed E-state index contributed by atoms with van der Waals surface area (Å²) in [6.07, 6.45) is 0. The van der Waals surface area contributed by atoms with Gasteiger partial charge < -0.3 is 10.2 Å². The van der Waals surface area contributed by atoms with E-state index in [9.17, 15) is 4.79 Å². The number of hydrogen-bond donors (Lipinski definition) is 1. The molecular formula is C18H22N2O. The molecule has 0 spiro atoms. The molecule has 0 aliphatic rings. The second-order valence-corrected chi connectivity index (χ2v) is 5.08. The maximum atomic E-state index is 12.7. The van der Waals surface area contributed by atoms with E-state index in [1.807, 2.05) is 74.3 Å². The van der Waals surface area contributed by atoms with Crippen molar-refractivity contribution in [3.05, 3.63) is 65.2 Å². The Balaban J connectivity index is 2.20. The highest BCUT2D eigenvalue weighted by molar-refractivity contribution is 5.96. The molecule has 3 nitrogen and oxygen atoms in total. The van der Waals surface area contributed by atoms with Gasteiger partial charge in [-0.25, -0.2) is 0 Å². The summed E-state index contributed by atoms with van der Waals surface area (Å²) in [7, 11) is 1.88. The van der Waals surface area contributed by atoms with Crippen LogP contribution < -0.4 is 5.32 Å². The number of benzene rings is 2. The van der Waals surface area contributed by atoms with Gasteiger partial charge in [-0.3, -0.25) is 4.79 Å². The Hall–Kier alpha value is -2.29. The number of carbonyl (C=O) groups is 1. The lowest BCUT2D eigenvalue weighted by atomic mass is 10.1. The molecule has 0 aliphatic carbocycles. The Morgan fingerprint density at radius 1 is 1.14 bits per heavy atom. The zero-order chi connectivity index (χ0) is 15.2. The Morgan fingerprint density at radius 3 is 2.43 bits per heavy atom. The molecule has 0 atom stereocenters. The first kappa shape index (κ1) is 15.1. The molecular weight excluding hydrogens is 260 g/mol. The SMILES string of the molecule is CCN(Cc1ccccc1)C(=O)c1ccc(NC)cc1C. The average Bonchev–Trinajstić information content (AvgIpc) is 2.52. The fourth-order valence-corrected chi connectivity index (χ4v) is 2.36. The number of rotatable bonds is 5. The third-order valence-corrected chi connectivity index (χ3v) is 3.63. The van der Waals surface area contributed by atoms with Crippen LogP contribution in [0.15, 0.2) is 48.5 Å². The van der Waals surface area contributed by atoms with Gasteiger partial charge in [0, 0.05) is 31.4 Å². The summed E-state index contributed by atoms with van der Waals surface area (Å²) >= 11 is 0. The molecule has 0 aromatic heterocycles. The molecule has 3 heteroatoms. The highest BCUT2D eigenvalue weighted by Crippen LogP contribution is 2.17. The van der Waals surface area contributed by atoms with Crippen LogP contribution >= 0.6 is 0 Å². The van der Waals surface area contributed by atoms with Gasteiger partial charge in [0.2, 0.25) is 0 Å². The lowest BCUT2D eigenvalue weighted by Gasteiger charge is -2.22. The first-order valence-electron chi connectivity index (χ1n) is 7.27. The van der Waals surface area contributed by atoms with Crippen LogP contribution in [0, 0.1) is 6.92 Å². The van der Waals surface area contributed by atoms with Crippen LogP contribution in [-0.2, 0) is 6.54 Å². The van der Waals surface area contributed by atoms with E-state index in [0.717, 1.165) is 22.4 Å². The second-order valence-electron chi connectivity index (χ2n) is 5.08. The van der Waals surface area contributed by atoms with Gasteiger partial charge in [0.15, 0.2) is 0 Å². The minimum atomic E-state index is 0.0847. The molecule has 0 unspecified atom stereocenters. The van der Waals surface area contributed by atoms with Crippen molar-refractivity contribution in [3.8, 4) is 0 Å². The summed E-state index contributed by atoms with van der Waals surface area (Å²) < 4.78 is 0. The summed E-state index contributed by atoms with van der Waals surface area (Å²) in [6.45, 7) is 5.33. The van der Waals surface area contributed by atoms with E-state index in [1.54, 1.807) is 0 Å². The zero-order valence-electron chi connectivity index (χ0n) is 12.9. The molecule has 2 aromatic rings. The van der Waals surface area contributed by atoms with Crippen LogP contribution in [0.2, 0.25) is 0 Å². The van der Waals surface area contributed by atoms with Crippen molar-refractivity contribution in [3.63, 3.8) is 0 Å². The van der Waals surface area contributed by atoms with Crippen LogP contribution in [0.3, 0.4) is 0 Å². The molecule has 1 N–H and O–H groups in total. The highest BCUT2D eigenvalue weighted by atomic mass is 16.2. The zero-order valence-corrected chi connectivity index (χ0v) is 12.9. The Bertz CT molecular complexity index is 608. The smallest absolute Gasteiger partial charge is 0.254 e. The van der Waals surface area contributed by atoms with Crippen molar-refractivity contribution < 1.29 is 4.79 Å². The van der Waals surface area contributed by atoms with Gasteiger partial charge in [-0.05, 0) is 43.2 Å². The quantitative estimate of drug-likeness (QED) is 0.907. The van der Waals surface area contributed by atoms with E-state index in [4.69, 9.17) is 0 Å². The average molecular weight is 282 g/mol. The summed E-state index contributed by atoms with van der Waals surface area (Å²) in [6, 6.07) is 15.9. The van der Waals surface area contributed by atoms with Gasteiger partial charge in [-0.1, -0.05) is 30.3 Å². The molecule has 0 saturated heterocycles. The number of anilines is 1. The van der Waals surface area contributed by atoms with Crippen LogP contribution in [-0.4, -0.2) is 24.4 Å². The van der Waals surface area contributed by atoms with E-state index < -0.39 is 0 Å². The summed E-state index contributed by atoms with van der Waals surface area (Å²) in [5.41, 5.74) is 3.94.